The largest absolute Gasteiger partial charge is 0.457 e. The highest BCUT2D eigenvalue weighted by molar-refractivity contribution is 7.89. The standard InChI is InChI=1S/C17H17FN2O6S/c18-12-1-3-13(4-2-12)26-14-5-7-15(8-6-14)27(23,24)20-17(16(21)19-22)9-10-25-11-17/h1-8,20,22H,9-11H2,(H,19,21)/t17-/m1/s1. The average Bonchev–Trinajstić information content (AvgIpc) is 3.12. The van der Waals surface area contributed by atoms with Crippen molar-refractivity contribution in [2.45, 2.75) is 16.9 Å². The van der Waals surface area contributed by atoms with E-state index in [4.69, 9.17) is 14.7 Å². The number of hydroxylamine groups is 1. The monoisotopic (exact) mass is 396 g/mol. The maximum atomic E-state index is 12.9. The van der Waals surface area contributed by atoms with E-state index in [2.05, 4.69) is 4.72 Å². The number of nitrogens with one attached hydrogen (secondary N) is 2. The lowest BCUT2D eigenvalue weighted by molar-refractivity contribution is -0.135. The molecule has 0 aromatic heterocycles. The van der Waals surface area contributed by atoms with E-state index >= 15 is 0 Å². The molecule has 0 unspecified atom stereocenters. The number of rotatable bonds is 6. The van der Waals surface area contributed by atoms with Crippen molar-refractivity contribution in [3.63, 3.8) is 0 Å². The Labute approximate surface area is 154 Å². The summed E-state index contributed by atoms with van der Waals surface area (Å²) in [5.41, 5.74) is -0.103. The zero-order chi connectivity index (χ0) is 19.5. The summed E-state index contributed by atoms with van der Waals surface area (Å²) >= 11 is 0. The van der Waals surface area contributed by atoms with Gasteiger partial charge in [0.1, 0.15) is 22.9 Å². The number of carbonyl (C=O) groups excluding carboxylic acids is 1. The number of hydrogen-bond acceptors (Lipinski definition) is 6. The van der Waals surface area contributed by atoms with Crippen LogP contribution in [-0.2, 0) is 19.6 Å². The maximum absolute atomic E-state index is 12.9. The Bertz CT molecular complexity index is 909. The summed E-state index contributed by atoms with van der Waals surface area (Å²) < 4.78 is 51.1. The van der Waals surface area contributed by atoms with Crippen LogP contribution >= 0.6 is 0 Å². The van der Waals surface area contributed by atoms with Gasteiger partial charge in [-0.05, 0) is 48.5 Å². The van der Waals surface area contributed by atoms with Gasteiger partial charge in [-0.3, -0.25) is 10.0 Å². The lowest BCUT2D eigenvalue weighted by atomic mass is 10.00. The van der Waals surface area contributed by atoms with Gasteiger partial charge in [0.05, 0.1) is 11.5 Å². The molecule has 0 saturated carbocycles. The van der Waals surface area contributed by atoms with Crippen molar-refractivity contribution in [2.75, 3.05) is 13.2 Å². The molecule has 1 atom stereocenters. The van der Waals surface area contributed by atoms with Gasteiger partial charge in [-0.1, -0.05) is 0 Å². The van der Waals surface area contributed by atoms with Gasteiger partial charge in [0.15, 0.2) is 0 Å². The average molecular weight is 396 g/mol. The number of halogens is 1. The number of carbonyl (C=O) groups is 1. The molecule has 0 radical (unpaired) electrons. The Morgan fingerprint density at radius 2 is 1.70 bits per heavy atom. The van der Waals surface area contributed by atoms with Gasteiger partial charge in [0.2, 0.25) is 10.0 Å². The highest BCUT2D eigenvalue weighted by Gasteiger charge is 2.45. The molecule has 27 heavy (non-hydrogen) atoms. The van der Waals surface area contributed by atoms with E-state index in [1.54, 1.807) is 0 Å². The van der Waals surface area contributed by atoms with Crippen LogP contribution in [0.3, 0.4) is 0 Å². The van der Waals surface area contributed by atoms with E-state index in [-0.39, 0.29) is 24.5 Å². The number of sulfonamides is 1. The lowest BCUT2D eigenvalue weighted by Crippen LogP contribution is -2.58. The summed E-state index contributed by atoms with van der Waals surface area (Å²) in [4.78, 5) is 11.8. The number of ether oxygens (including phenoxy) is 2. The van der Waals surface area contributed by atoms with Crippen LogP contribution < -0.4 is 14.9 Å². The number of hydrogen-bond donors (Lipinski definition) is 3. The van der Waals surface area contributed by atoms with Gasteiger partial charge in [0, 0.05) is 13.0 Å². The topological polar surface area (TPSA) is 114 Å². The van der Waals surface area contributed by atoms with Crippen LogP contribution in [0.4, 0.5) is 4.39 Å². The molecule has 0 spiro atoms. The molecule has 0 aliphatic carbocycles. The molecule has 0 bridgehead atoms. The Balaban J connectivity index is 1.77. The van der Waals surface area contributed by atoms with E-state index in [1.807, 2.05) is 0 Å². The van der Waals surface area contributed by atoms with Crippen LogP contribution in [0.15, 0.2) is 53.4 Å². The van der Waals surface area contributed by atoms with Crippen molar-refractivity contribution in [1.82, 2.24) is 10.2 Å². The predicted octanol–water partition coefficient (Wildman–Crippen LogP) is 1.56. The van der Waals surface area contributed by atoms with Gasteiger partial charge in [0.25, 0.3) is 5.91 Å². The van der Waals surface area contributed by atoms with Gasteiger partial charge < -0.3 is 9.47 Å². The minimum atomic E-state index is -4.06. The second kappa shape index (κ2) is 7.61. The minimum absolute atomic E-state index is 0.0877. The normalized spacial score (nSPS) is 19.6. The van der Waals surface area contributed by atoms with Crippen molar-refractivity contribution < 1.29 is 32.3 Å². The van der Waals surface area contributed by atoms with Crippen molar-refractivity contribution in [3.8, 4) is 11.5 Å². The van der Waals surface area contributed by atoms with E-state index in [0.717, 1.165) is 0 Å². The summed E-state index contributed by atoms with van der Waals surface area (Å²) in [7, 11) is -4.06. The first-order chi connectivity index (χ1) is 12.8. The molecule has 144 valence electrons. The molecule has 3 rings (SSSR count). The van der Waals surface area contributed by atoms with Crippen LogP contribution in [0.5, 0.6) is 11.5 Å². The molecular weight excluding hydrogens is 379 g/mol. The molecule has 8 nitrogen and oxygen atoms in total. The fourth-order valence-electron chi connectivity index (χ4n) is 2.62. The fraction of sp³-hybridized carbons (Fsp3) is 0.235. The van der Waals surface area contributed by atoms with Crippen molar-refractivity contribution in [3.05, 3.63) is 54.3 Å². The summed E-state index contributed by atoms with van der Waals surface area (Å²) in [5.74, 6) is -0.536. The van der Waals surface area contributed by atoms with E-state index in [1.165, 1.54) is 54.0 Å². The zero-order valence-corrected chi connectivity index (χ0v) is 14.8. The minimum Gasteiger partial charge on any atom is -0.457 e. The van der Waals surface area contributed by atoms with Crippen LogP contribution in [0.2, 0.25) is 0 Å². The highest BCUT2D eigenvalue weighted by atomic mass is 32.2. The van der Waals surface area contributed by atoms with Gasteiger partial charge in [-0.2, -0.15) is 4.72 Å². The quantitative estimate of drug-likeness (QED) is 0.504. The predicted molar refractivity (Wildman–Crippen MR) is 91.3 cm³/mol. The van der Waals surface area contributed by atoms with E-state index < -0.39 is 27.3 Å². The molecule has 1 fully saturated rings. The first-order valence-corrected chi connectivity index (χ1v) is 9.43. The molecule has 2 aromatic carbocycles. The van der Waals surface area contributed by atoms with Gasteiger partial charge in [-0.25, -0.2) is 18.3 Å². The lowest BCUT2D eigenvalue weighted by Gasteiger charge is -2.25. The van der Waals surface area contributed by atoms with Gasteiger partial charge in [-0.15, -0.1) is 0 Å². The third kappa shape index (κ3) is 4.25. The Morgan fingerprint density at radius 3 is 2.22 bits per heavy atom. The number of amides is 1. The second-order valence-electron chi connectivity index (χ2n) is 5.96. The number of benzene rings is 2. The molecular formula is C17H17FN2O6S. The van der Waals surface area contributed by atoms with Crippen LogP contribution in [0.25, 0.3) is 0 Å². The van der Waals surface area contributed by atoms with Crippen LogP contribution in [-0.4, -0.2) is 38.3 Å². The Morgan fingerprint density at radius 1 is 1.11 bits per heavy atom. The van der Waals surface area contributed by atoms with Crippen molar-refractivity contribution >= 4 is 15.9 Å². The molecule has 3 N–H and O–H groups in total. The van der Waals surface area contributed by atoms with E-state index in [9.17, 15) is 17.6 Å². The second-order valence-corrected chi connectivity index (χ2v) is 7.64. The summed E-state index contributed by atoms with van der Waals surface area (Å²) in [5, 5.41) is 8.89. The molecule has 2 aromatic rings. The fourth-order valence-corrected chi connectivity index (χ4v) is 4.00. The third-order valence-electron chi connectivity index (χ3n) is 4.07. The smallest absolute Gasteiger partial charge is 0.267 e. The van der Waals surface area contributed by atoms with Crippen LogP contribution in [0, 0.1) is 5.82 Å². The SMILES string of the molecule is O=C(NO)[C@@]1(NS(=O)(=O)c2ccc(Oc3ccc(F)cc3)cc2)CCOC1. The molecule has 1 heterocycles. The Kier molecular flexibility index (Phi) is 5.42. The molecule has 1 aliphatic rings. The summed E-state index contributed by atoms with van der Waals surface area (Å²) in [6.07, 6.45) is 0.0877. The summed E-state index contributed by atoms with van der Waals surface area (Å²) in [6.45, 7) is -0.00915. The first-order valence-electron chi connectivity index (χ1n) is 7.94. The van der Waals surface area contributed by atoms with Crippen LogP contribution in [0.1, 0.15) is 6.42 Å². The third-order valence-corrected chi connectivity index (χ3v) is 5.62. The van der Waals surface area contributed by atoms with E-state index in [0.29, 0.717) is 11.5 Å². The molecule has 10 heteroatoms. The van der Waals surface area contributed by atoms with Gasteiger partial charge >= 0.3 is 0 Å². The first kappa shape index (κ1) is 19.2. The molecule has 1 amide bonds. The molecule has 1 aliphatic heterocycles. The van der Waals surface area contributed by atoms with Crippen molar-refractivity contribution in [2.24, 2.45) is 0 Å². The molecule has 1 saturated heterocycles. The highest BCUT2D eigenvalue weighted by Crippen LogP contribution is 2.25. The zero-order valence-electron chi connectivity index (χ0n) is 14.0. The maximum Gasteiger partial charge on any atom is 0.267 e. The van der Waals surface area contributed by atoms with Crippen molar-refractivity contribution in [1.29, 1.82) is 0 Å². The summed E-state index contributed by atoms with van der Waals surface area (Å²) in [6, 6.07) is 10.9. The Hall–Kier alpha value is -2.53.